The smallest absolute Gasteiger partial charge is 0.215 e. The van der Waals surface area contributed by atoms with Gasteiger partial charge in [-0.3, -0.25) is 4.57 Å². The van der Waals surface area contributed by atoms with Crippen LogP contribution in [0.15, 0.2) is 97.1 Å². The molecule has 2 aromatic heterocycles. The van der Waals surface area contributed by atoms with E-state index in [9.17, 15) is 0 Å². The van der Waals surface area contributed by atoms with Crippen molar-refractivity contribution in [3.63, 3.8) is 0 Å². The number of benzene rings is 5. The van der Waals surface area contributed by atoms with Crippen LogP contribution in [0.3, 0.4) is 0 Å². The molecule has 0 spiro atoms. The first-order valence-corrected chi connectivity index (χ1v) is 12.6. The molecule has 0 radical (unpaired) electrons. The summed E-state index contributed by atoms with van der Waals surface area (Å²) in [6.07, 6.45) is 0. The average molecular weight is 464 g/mol. The highest BCUT2D eigenvalue weighted by atomic mass is 15.2. The van der Waals surface area contributed by atoms with Crippen molar-refractivity contribution in [2.75, 3.05) is 0 Å². The van der Waals surface area contributed by atoms with Gasteiger partial charge >= 0.3 is 0 Å². The predicted molar refractivity (Wildman–Crippen MR) is 150 cm³/mol. The Morgan fingerprint density at radius 1 is 0.667 bits per heavy atom. The second-order valence-corrected chi connectivity index (χ2v) is 10.5. The number of imidazole rings is 1. The second-order valence-electron chi connectivity index (χ2n) is 10.5. The standard InChI is InChI=1S/C33H25N3/c1-33(2)24-16-8-6-14-22(24)29-30(33)21-13-5-4-12-20(21)28-23-15-7-10-18-26(23)36(31(28)29)32-34-25-17-9-11-19-27(25)35(32)3/h4-19H,1-3H3. The third-order valence-electron chi connectivity index (χ3n) is 8.29. The fourth-order valence-corrected chi connectivity index (χ4v) is 6.75. The molecule has 0 bridgehead atoms. The fraction of sp³-hybridized carbons (Fsp3) is 0.121. The van der Waals surface area contributed by atoms with Crippen LogP contribution >= 0.6 is 0 Å². The van der Waals surface area contributed by atoms with Gasteiger partial charge in [0.1, 0.15) is 0 Å². The zero-order chi connectivity index (χ0) is 24.2. The van der Waals surface area contributed by atoms with Crippen molar-refractivity contribution >= 4 is 43.6 Å². The summed E-state index contributed by atoms with van der Waals surface area (Å²) in [5, 5.41) is 5.22. The molecule has 3 nitrogen and oxygen atoms in total. The number of rotatable bonds is 1. The normalized spacial score (nSPS) is 14.2. The summed E-state index contributed by atoms with van der Waals surface area (Å²) in [4.78, 5) is 5.18. The maximum Gasteiger partial charge on any atom is 0.215 e. The zero-order valence-electron chi connectivity index (χ0n) is 20.6. The van der Waals surface area contributed by atoms with E-state index in [1.165, 1.54) is 54.8 Å². The lowest BCUT2D eigenvalue weighted by Gasteiger charge is -2.23. The molecule has 0 atom stereocenters. The van der Waals surface area contributed by atoms with Crippen molar-refractivity contribution in [2.24, 2.45) is 7.05 Å². The Hall–Kier alpha value is -4.37. The van der Waals surface area contributed by atoms with Gasteiger partial charge in [-0.15, -0.1) is 0 Å². The Morgan fingerprint density at radius 2 is 1.31 bits per heavy atom. The molecule has 0 amide bonds. The molecule has 7 aromatic rings. The van der Waals surface area contributed by atoms with Crippen LogP contribution in [0, 0.1) is 0 Å². The van der Waals surface area contributed by atoms with E-state index in [1.54, 1.807) is 0 Å². The molecule has 172 valence electrons. The van der Waals surface area contributed by atoms with E-state index >= 15 is 0 Å². The largest absolute Gasteiger partial charge is 0.313 e. The van der Waals surface area contributed by atoms with Crippen molar-refractivity contribution in [3.8, 4) is 17.1 Å². The number of nitrogens with zero attached hydrogens (tertiary/aromatic N) is 3. The van der Waals surface area contributed by atoms with Crippen molar-refractivity contribution in [3.05, 3.63) is 108 Å². The van der Waals surface area contributed by atoms with Crippen molar-refractivity contribution in [1.29, 1.82) is 0 Å². The van der Waals surface area contributed by atoms with Crippen molar-refractivity contribution in [1.82, 2.24) is 14.1 Å². The van der Waals surface area contributed by atoms with Gasteiger partial charge in [0.2, 0.25) is 5.95 Å². The van der Waals surface area contributed by atoms with Gasteiger partial charge < -0.3 is 4.57 Å². The summed E-state index contributed by atoms with van der Waals surface area (Å²) in [5.41, 5.74) is 9.95. The molecule has 0 unspecified atom stereocenters. The Kier molecular flexibility index (Phi) is 3.67. The first kappa shape index (κ1) is 19.9. The average Bonchev–Trinajstić information content (AvgIpc) is 3.50. The Morgan fingerprint density at radius 3 is 2.11 bits per heavy atom. The van der Waals surface area contributed by atoms with Crippen LogP contribution in [0.2, 0.25) is 0 Å². The van der Waals surface area contributed by atoms with E-state index in [2.05, 4.69) is 127 Å². The Labute approximate surface area is 209 Å². The highest BCUT2D eigenvalue weighted by Crippen LogP contribution is 2.56. The number of hydrogen-bond acceptors (Lipinski definition) is 1. The molecule has 0 N–H and O–H groups in total. The number of aryl methyl sites for hydroxylation is 1. The van der Waals surface area contributed by atoms with Gasteiger partial charge in [0.15, 0.2) is 0 Å². The van der Waals surface area contributed by atoms with Gasteiger partial charge in [-0.25, -0.2) is 4.98 Å². The summed E-state index contributed by atoms with van der Waals surface area (Å²) in [6.45, 7) is 4.75. The third kappa shape index (κ3) is 2.26. The van der Waals surface area contributed by atoms with Crippen molar-refractivity contribution < 1.29 is 0 Å². The van der Waals surface area contributed by atoms with Gasteiger partial charge in [0, 0.05) is 28.8 Å². The third-order valence-corrected chi connectivity index (χ3v) is 8.29. The molecular formula is C33H25N3. The summed E-state index contributed by atoms with van der Waals surface area (Å²) < 4.78 is 4.64. The molecule has 0 saturated heterocycles. The lowest BCUT2D eigenvalue weighted by Crippen LogP contribution is -2.15. The minimum absolute atomic E-state index is 0.104. The van der Waals surface area contributed by atoms with Gasteiger partial charge in [-0.2, -0.15) is 0 Å². The Bertz CT molecular complexity index is 2030. The number of fused-ring (bicyclic) bond motifs is 11. The minimum atomic E-state index is -0.104. The first-order chi connectivity index (χ1) is 17.6. The zero-order valence-corrected chi connectivity index (χ0v) is 20.6. The van der Waals surface area contributed by atoms with Crippen LogP contribution in [-0.2, 0) is 12.5 Å². The molecule has 0 fully saturated rings. The molecular weight excluding hydrogens is 438 g/mol. The van der Waals surface area contributed by atoms with Crippen LogP contribution in [0.5, 0.6) is 0 Å². The maximum atomic E-state index is 5.18. The van der Waals surface area contributed by atoms with Gasteiger partial charge in [0.05, 0.1) is 22.1 Å². The summed E-state index contributed by atoms with van der Waals surface area (Å²) in [7, 11) is 2.13. The van der Waals surface area contributed by atoms with E-state index in [4.69, 9.17) is 4.98 Å². The SMILES string of the molecule is Cn1c(-n2c3ccccc3c3c4ccccc4c4c(c32)-c2ccccc2C4(C)C)nc2ccccc21. The highest BCUT2D eigenvalue weighted by Gasteiger charge is 2.39. The lowest BCUT2D eigenvalue weighted by molar-refractivity contribution is 0.666. The van der Waals surface area contributed by atoms with E-state index < -0.39 is 0 Å². The summed E-state index contributed by atoms with van der Waals surface area (Å²) in [5.74, 6) is 0.946. The van der Waals surface area contributed by atoms with Gasteiger partial charge in [-0.05, 0) is 45.7 Å². The maximum absolute atomic E-state index is 5.18. The molecule has 1 aliphatic rings. The fourth-order valence-electron chi connectivity index (χ4n) is 6.75. The van der Waals surface area contributed by atoms with Gasteiger partial charge in [-0.1, -0.05) is 92.7 Å². The molecule has 36 heavy (non-hydrogen) atoms. The number of hydrogen-bond donors (Lipinski definition) is 0. The van der Waals surface area contributed by atoms with E-state index in [0.717, 1.165) is 17.0 Å². The monoisotopic (exact) mass is 463 g/mol. The minimum Gasteiger partial charge on any atom is -0.313 e. The number of aromatic nitrogens is 3. The predicted octanol–water partition coefficient (Wildman–Crippen LogP) is 8.13. The molecule has 8 rings (SSSR count). The van der Waals surface area contributed by atoms with Crippen LogP contribution in [0.4, 0.5) is 0 Å². The summed E-state index contributed by atoms with van der Waals surface area (Å²) in [6, 6.07) is 35.1. The molecule has 0 aliphatic heterocycles. The van der Waals surface area contributed by atoms with E-state index in [0.29, 0.717) is 0 Å². The molecule has 5 aromatic carbocycles. The van der Waals surface area contributed by atoms with Crippen LogP contribution in [-0.4, -0.2) is 14.1 Å². The molecule has 1 aliphatic carbocycles. The second kappa shape index (κ2) is 6.64. The van der Waals surface area contributed by atoms with E-state index in [-0.39, 0.29) is 5.41 Å². The van der Waals surface area contributed by atoms with Crippen LogP contribution < -0.4 is 0 Å². The topological polar surface area (TPSA) is 22.8 Å². The Balaban J connectivity index is 1.71. The molecule has 0 saturated carbocycles. The first-order valence-electron chi connectivity index (χ1n) is 12.6. The van der Waals surface area contributed by atoms with Crippen LogP contribution in [0.1, 0.15) is 25.0 Å². The van der Waals surface area contributed by atoms with Gasteiger partial charge in [0.25, 0.3) is 0 Å². The highest BCUT2D eigenvalue weighted by molar-refractivity contribution is 6.27. The van der Waals surface area contributed by atoms with Crippen LogP contribution in [0.25, 0.3) is 60.7 Å². The summed E-state index contributed by atoms with van der Waals surface area (Å²) >= 11 is 0. The number of para-hydroxylation sites is 3. The lowest BCUT2D eigenvalue weighted by atomic mass is 9.79. The quantitative estimate of drug-likeness (QED) is 0.241. The molecule has 3 heteroatoms. The van der Waals surface area contributed by atoms with E-state index in [1.807, 2.05) is 0 Å². The van der Waals surface area contributed by atoms with Crippen molar-refractivity contribution in [2.45, 2.75) is 19.3 Å². The molecule has 2 heterocycles.